The van der Waals surface area contributed by atoms with Gasteiger partial charge in [0.1, 0.15) is 0 Å². The van der Waals surface area contributed by atoms with E-state index in [0.29, 0.717) is 5.65 Å². The lowest BCUT2D eigenvalue weighted by Gasteiger charge is -2.04. The molecule has 4 rings (SSSR count). The molecule has 0 radical (unpaired) electrons. The van der Waals surface area contributed by atoms with Crippen LogP contribution < -0.4 is 4.73 Å². The Morgan fingerprint density at radius 3 is 2.58 bits per heavy atom. The number of aromatic nitrogens is 2. The monoisotopic (exact) mass is 246 g/mol. The van der Waals surface area contributed by atoms with Gasteiger partial charge in [0.2, 0.25) is 0 Å². The summed E-state index contributed by atoms with van der Waals surface area (Å²) in [6, 6.07) is 17.9. The van der Waals surface area contributed by atoms with Gasteiger partial charge in [0.25, 0.3) is 0 Å². The van der Waals surface area contributed by atoms with Gasteiger partial charge in [-0.1, -0.05) is 24.3 Å². The van der Waals surface area contributed by atoms with Crippen molar-refractivity contribution in [2.75, 3.05) is 0 Å². The molecule has 0 fully saturated rings. The predicted molar refractivity (Wildman–Crippen MR) is 75.7 cm³/mol. The first-order valence-electron chi connectivity index (χ1n) is 6.13. The molecule has 0 bridgehead atoms. The highest BCUT2D eigenvalue weighted by Crippen LogP contribution is 2.25. The third-order valence-corrected chi connectivity index (χ3v) is 3.42. The minimum absolute atomic E-state index is 0.464. The van der Waals surface area contributed by atoms with Crippen LogP contribution in [0.3, 0.4) is 0 Å². The lowest BCUT2D eigenvalue weighted by molar-refractivity contribution is -0.579. The summed E-state index contributed by atoms with van der Waals surface area (Å²) in [5.41, 5.74) is 1.34. The summed E-state index contributed by atoms with van der Waals surface area (Å²) in [6.45, 7) is 0. The summed E-state index contributed by atoms with van der Waals surface area (Å²) >= 11 is 0. The van der Waals surface area contributed by atoms with Crippen molar-refractivity contribution in [3.05, 3.63) is 66.0 Å². The van der Waals surface area contributed by atoms with Crippen LogP contribution in [0.1, 0.15) is 0 Å². The van der Waals surface area contributed by atoms with E-state index in [2.05, 4.69) is 17.1 Å². The smallest absolute Gasteiger partial charge is 0.333 e. The number of nitrogens with zero attached hydrogens (tertiary/aromatic N) is 2. The number of hydrogen-bond donors (Lipinski definition) is 0. The van der Waals surface area contributed by atoms with Gasteiger partial charge in [-0.3, -0.25) is 0 Å². The highest BCUT2D eigenvalue weighted by molar-refractivity contribution is 6.07. The minimum Gasteiger partial charge on any atom is -0.710 e. The fourth-order valence-electron chi connectivity index (χ4n) is 2.51. The lowest BCUT2D eigenvalue weighted by Crippen LogP contribution is -2.26. The summed E-state index contributed by atoms with van der Waals surface area (Å²) in [4.78, 5) is 4.56. The second kappa shape index (κ2) is 3.65. The van der Waals surface area contributed by atoms with Crippen molar-refractivity contribution in [1.29, 1.82) is 0 Å². The third-order valence-electron chi connectivity index (χ3n) is 3.42. The van der Waals surface area contributed by atoms with Crippen LogP contribution >= 0.6 is 0 Å². The Hall–Kier alpha value is -2.68. The van der Waals surface area contributed by atoms with E-state index in [0.717, 1.165) is 31.8 Å². The van der Waals surface area contributed by atoms with Crippen LogP contribution in [0.5, 0.6) is 0 Å². The Labute approximate surface area is 109 Å². The highest BCUT2D eigenvalue weighted by atomic mass is 16.5. The maximum atomic E-state index is 11.8. The molecule has 3 nitrogen and oxygen atoms in total. The van der Waals surface area contributed by atoms with Crippen molar-refractivity contribution < 1.29 is 4.73 Å². The highest BCUT2D eigenvalue weighted by Gasteiger charge is 2.11. The zero-order chi connectivity index (χ0) is 12.8. The molecule has 0 atom stereocenters. The van der Waals surface area contributed by atoms with E-state index >= 15 is 0 Å². The largest absolute Gasteiger partial charge is 0.710 e. The van der Waals surface area contributed by atoms with E-state index in [1.165, 1.54) is 6.20 Å². The fraction of sp³-hybridized carbons (Fsp3) is 0. The van der Waals surface area contributed by atoms with Crippen molar-refractivity contribution in [2.45, 2.75) is 0 Å². The van der Waals surface area contributed by atoms with Gasteiger partial charge in [0.05, 0.1) is 11.6 Å². The average molecular weight is 246 g/mol. The Bertz CT molecular complexity index is 931. The Morgan fingerprint density at radius 2 is 1.63 bits per heavy atom. The predicted octanol–water partition coefficient (Wildman–Crippen LogP) is 3.17. The van der Waals surface area contributed by atoms with Gasteiger partial charge in [-0.2, -0.15) is 0 Å². The van der Waals surface area contributed by atoms with Crippen molar-refractivity contribution in [3.63, 3.8) is 0 Å². The number of benzene rings is 2. The lowest BCUT2D eigenvalue weighted by atomic mass is 10.1. The van der Waals surface area contributed by atoms with Gasteiger partial charge in [-0.05, 0) is 40.7 Å². The van der Waals surface area contributed by atoms with Gasteiger partial charge in [0.15, 0.2) is 5.52 Å². The average Bonchev–Trinajstić information content (AvgIpc) is 2.46. The van der Waals surface area contributed by atoms with E-state index in [9.17, 15) is 5.21 Å². The summed E-state index contributed by atoms with van der Waals surface area (Å²) in [6.07, 6.45) is 1.48. The maximum Gasteiger partial charge on any atom is 0.333 e. The van der Waals surface area contributed by atoms with Gasteiger partial charge in [-0.15, -0.1) is 0 Å². The number of pyridine rings is 2. The van der Waals surface area contributed by atoms with Crippen molar-refractivity contribution in [1.82, 2.24) is 4.98 Å². The van der Waals surface area contributed by atoms with Gasteiger partial charge in [0, 0.05) is 10.8 Å². The second-order valence-electron chi connectivity index (χ2n) is 4.59. The standard InChI is InChI=1S/C16H10N2O/c19-18-9-3-5-13-10-12-8-7-11-4-1-2-6-14(11)15(12)17-16(13)18/h1-10H. The van der Waals surface area contributed by atoms with Gasteiger partial charge >= 0.3 is 5.65 Å². The van der Waals surface area contributed by atoms with Crippen molar-refractivity contribution >= 4 is 32.7 Å². The minimum atomic E-state index is 0.464. The second-order valence-corrected chi connectivity index (χ2v) is 4.59. The fourth-order valence-corrected chi connectivity index (χ4v) is 2.51. The molecule has 0 saturated carbocycles. The van der Waals surface area contributed by atoms with Crippen LogP contribution in [0.15, 0.2) is 60.8 Å². The molecule has 0 aliphatic heterocycles. The molecule has 0 spiro atoms. The van der Waals surface area contributed by atoms with Crippen molar-refractivity contribution in [3.8, 4) is 0 Å². The molecule has 90 valence electrons. The van der Waals surface area contributed by atoms with Crippen LogP contribution in [0.25, 0.3) is 32.7 Å². The third kappa shape index (κ3) is 1.45. The van der Waals surface area contributed by atoms with E-state index in [4.69, 9.17) is 0 Å². The molecule has 0 N–H and O–H groups in total. The quantitative estimate of drug-likeness (QED) is 0.207. The molecule has 2 aromatic heterocycles. The van der Waals surface area contributed by atoms with E-state index in [1.807, 2.05) is 36.4 Å². The van der Waals surface area contributed by atoms with Crippen LogP contribution in [0, 0.1) is 5.21 Å². The van der Waals surface area contributed by atoms with E-state index in [1.54, 1.807) is 6.07 Å². The molecule has 0 unspecified atom stereocenters. The van der Waals surface area contributed by atoms with Crippen molar-refractivity contribution in [2.24, 2.45) is 0 Å². The molecular formula is C16H10N2O. The maximum absolute atomic E-state index is 11.8. The topological polar surface area (TPSA) is 39.8 Å². The zero-order valence-electron chi connectivity index (χ0n) is 10.1. The molecule has 2 aromatic carbocycles. The van der Waals surface area contributed by atoms with Crippen LogP contribution in [0.2, 0.25) is 0 Å². The molecular weight excluding hydrogens is 236 g/mol. The number of hydrogen-bond acceptors (Lipinski definition) is 2. The Morgan fingerprint density at radius 1 is 0.842 bits per heavy atom. The molecule has 4 aromatic rings. The molecule has 3 heteroatoms. The first kappa shape index (κ1) is 10.3. The van der Waals surface area contributed by atoms with Crippen LogP contribution in [-0.4, -0.2) is 4.98 Å². The van der Waals surface area contributed by atoms with Gasteiger partial charge < -0.3 is 5.21 Å². The summed E-state index contributed by atoms with van der Waals surface area (Å²) in [5.74, 6) is 0. The number of rotatable bonds is 0. The molecule has 0 aliphatic rings. The molecule has 19 heavy (non-hydrogen) atoms. The summed E-state index contributed by atoms with van der Waals surface area (Å²) in [7, 11) is 0. The number of fused-ring (bicyclic) bond motifs is 4. The summed E-state index contributed by atoms with van der Waals surface area (Å²) in [5, 5.41) is 15.9. The first-order valence-corrected chi connectivity index (χ1v) is 6.13. The Kier molecular flexibility index (Phi) is 1.97. The van der Waals surface area contributed by atoms with E-state index < -0.39 is 0 Å². The van der Waals surface area contributed by atoms with E-state index in [-0.39, 0.29) is 0 Å². The zero-order valence-corrected chi connectivity index (χ0v) is 10.1. The Balaban J connectivity index is 2.27. The normalized spacial score (nSPS) is 11.4. The summed E-state index contributed by atoms with van der Waals surface area (Å²) < 4.78 is 0.816. The molecule has 0 amide bonds. The molecule has 0 aliphatic carbocycles. The first-order chi connectivity index (χ1) is 9.33. The van der Waals surface area contributed by atoms with Gasteiger partial charge in [-0.25, -0.2) is 4.73 Å². The molecule has 0 saturated heterocycles. The SMILES string of the molecule is [O-][n+]1cccc2cc3ccc4ccccc4c3nc21. The van der Waals surface area contributed by atoms with Crippen LogP contribution in [-0.2, 0) is 0 Å². The van der Waals surface area contributed by atoms with Crippen LogP contribution in [0.4, 0.5) is 0 Å². The molecule has 2 heterocycles.